The minimum absolute atomic E-state index is 0.0400. The molecule has 2 rings (SSSR count). The second kappa shape index (κ2) is 6.14. The first-order valence-corrected chi connectivity index (χ1v) is 7.60. The molecule has 0 bridgehead atoms. The largest absolute Gasteiger partial charge is 0.508 e. The highest BCUT2D eigenvalue weighted by atomic mass is 32.2. The number of carbonyl (C=O) groups excluding carboxylic acids is 1. The van der Waals surface area contributed by atoms with Crippen LogP contribution in [0.2, 0.25) is 0 Å². The average molecular weight is 265 g/mol. The van der Waals surface area contributed by atoms with Gasteiger partial charge in [0.1, 0.15) is 5.75 Å². The Bertz CT molecular complexity index is 405. The van der Waals surface area contributed by atoms with E-state index in [9.17, 15) is 9.90 Å². The fourth-order valence-electron chi connectivity index (χ4n) is 2.37. The van der Waals surface area contributed by atoms with Crippen LogP contribution >= 0.6 is 11.8 Å². The SMILES string of the molecule is CSC1CCCC(NC(=O)c2ccc(O)cc2)C1. The maximum Gasteiger partial charge on any atom is 0.251 e. The van der Waals surface area contributed by atoms with Crippen LogP contribution in [0.1, 0.15) is 36.0 Å². The maximum atomic E-state index is 12.0. The zero-order valence-electron chi connectivity index (χ0n) is 10.6. The average Bonchev–Trinajstić information content (AvgIpc) is 2.39. The van der Waals surface area contributed by atoms with Crippen LogP contribution in [0, 0.1) is 0 Å². The van der Waals surface area contributed by atoms with Gasteiger partial charge >= 0.3 is 0 Å². The highest BCUT2D eigenvalue weighted by Gasteiger charge is 2.22. The van der Waals surface area contributed by atoms with E-state index in [4.69, 9.17) is 0 Å². The summed E-state index contributed by atoms with van der Waals surface area (Å²) in [4.78, 5) is 12.0. The number of benzene rings is 1. The van der Waals surface area contributed by atoms with E-state index in [-0.39, 0.29) is 17.7 Å². The Morgan fingerprint density at radius 2 is 2.06 bits per heavy atom. The summed E-state index contributed by atoms with van der Waals surface area (Å²) >= 11 is 1.89. The Hall–Kier alpha value is -1.16. The molecule has 0 spiro atoms. The molecule has 1 aromatic rings. The smallest absolute Gasteiger partial charge is 0.251 e. The molecule has 2 N–H and O–H groups in total. The number of carbonyl (C=O) groups is 1. The lowest BCUT2D eigenvalue weighted by Crippen LogP contribution is -2.39. The van der Waals surface area contributed by atoms with Crippen molar-refractivity contribution in [1.82, 2.24) is 5.32 Å². The van der Waals surface area contributed by atoms with Crippen LogP contribution in [-0.2, 0) is 0 Å². The Balaban J connectivity index is 1.92. The van der Waals surface area contributed by atoms with Crippen LogP contribution in [0.15, 0.2) is 24.3 Å². The zero-order chi connectivity index (χ0) is 13.0. The second-order valence-corrected chi connectivity index (χ2v) is 5.88. The molecular formula is C14H19NO2S. The molecule has 4 heteroatoms. The summed E-state index contributed by atoms with van der Waals surface area (Å²) in [6, 6.07) is 6.68. The predicted molar refractivity (Wildman–Crippen MR) is 75.1 cm³/mol. The number of hydrogen-bond acceptors (Lipinski definition) is 3. The molecule has 1 aliphatic carbocycles. The number of hydrogen-bond donors (Lipinski definition) is 2. The summed E-state index contributed by atoms with van der Waals surface area (Å²) < 4.78 is 0. The molecule has 98 valence electrons. The van der Waals surface area contributed by atoms with Gasteiger partial charge in [-0.25, -0.2) is 0 Å². The van der Waals surface area contributed by atoms with Crippen LogP contribution in [0.25, 0.3) is 0 Å². The fraction of sp³-hybridized carbons (Fsp3) is 0.500. The van der Waals surface area contributed by atoms with E-state index in [0.29, 0.717) is 10.8 Å². The molecule has 0 radical (unpaired) electrons. The summed E-state index contributed by atoms with van der Waals surface area (Å²) in [5, 5.41) is 12.9. The Kier molecular flexibility index (Phi) is 4.53. The molecule has 0 aromatic heterocycles. The van der Waals surface area contributed by atoms with Gasteiger partial charge in [-0.1, -0.05) is 6.42 Å². The first-order valence-electron chi connectivity index (χ1n) is 6.31. The Morgan fingerprint density at radius 1 is 1.33 bits per heavy atom. The number of amides is 1. The van der Waals surface area contributed by atoms with Crippen molar-refractivity contribution in [3.63, 3.8) is 0 Å². The molecule has 0 saturated heterocycles. The highest BCUT2D eigenvalue weighted by molar-refractivity contribution is 7.99. The molecule has 0 aliphatic heterocycles. The van der Waals surface area contributed by atoms with Crippen LogP contribution < -0.4 is 5.32 Å². The van der Waals surface area contributed by atoms with Gasteiger partial charge in [-0.05, 0) is 49.8 Å². The number of phenols is 1. The summed E-state index contributed by atoms with van der Waals surface area (Å²) in [6.07, 6.45) is 6.71. The van der Waals surface area contributed by atoms with Gasteiger partial charge in [0.05, 0.1) is 0 Å². The third-order valence-corrected chi connectivity index (χ3v) is 4.52. The molecule has 0 heterocycles. The molecule has 18 heavy (non-hydrogen) atoms. The third-order valence-electron chi connectivity index (χ3n) is 3.42. The van der Waals surface area contributed by atoms with Crippen LogP contribution in [0.5, 0.6) is 5.75 Å². The molecule has 3 nitrogen and oxygen atoms in total. The zero-order valence-corrected chi connectivity index (χ0v) is 11.4. The third kappa shape index (κ3) is 3.42. The van der Waals surface area contributed by atoms with E-state index in [1.807, 2.05) is 11.8 Å². The second-order valence-electron chi connectivity index (χ2n) is 4.74. The maximum absolute atomic E-state index is 12.0. The van der Waals surface area contributed by atoms with Crippen molar-refractivity contribution < 1.29 is 9.90 Å². The van der Waals surface area contributed by atoms with Crippen molar-refractivity contribution in [3.8, 4) is 5.75 Å². The molecule has 1 aromatic carbocycles. The summed E-state index contributed by atoms with van der Waals surface area (Å²) in [5.41, 5.74) is 0.610. The standard InChI is InChI=1S/C14H19NO2S/c1-18-13-4-2-3-11(9-13)15-14(17)10-5-7-12(16)8-6-10/h5-8,11,13,16H,2-4,9H2,1H3,(H,15,17). The minimum Gasteiger partial charge on any atom is -0.508 e. The number of phenolic OH excluding ortho intramolecular Hbond substituents is 1. The van der Waals surface area contributed by atoms with Gasteiger partial charge in [-0.2, -0.15) is 11.8 Å². The number of aromatic hydroxyl groups is 1. The van der Waals surface area contributed by atoms with Crippen molar-refractivity contribution in [2.75, 3.05) is 6.26 Å². The Morgan fingerprint density at radius 3 is 2.72 bits per heavy atom. The van der Waals surface area contributed by atoms with Crippen molar-refractivity contribution >= 4 is 17.7 Å². The van der Waals surface area contributed by atoms with E-state index in [1.165, 1.54) is 12.8 Å². The van der Waals surface area contributed by atoms with Gasteiger partial charge in [-0.3, -0.25) is 4.79 Å². The fourth-order valence-corrected chi connectivity index (χ4v) is 3.20. The molecule has 1 fully saturated rings. The van der Waals surface area contributed by atoms with Gasteiger partial charge in [0.15, 0.2) is 0 Å². The van der Waals surface area contributed by atoms with Gasteiger partial charge < -0.3 is 10.4 Å². The first-order chi connectivity index (χ1) is 8.69. The van der Waals surface area contributed by atoms with E-state index in [1.54, 1.807) is 24.3 Å². The van der Waals surface area contributed by atoms with Gasteiger partial charge in [0, 0.05) is 16.9 Å². The molecule has 1 amide bonds. The van der Waals surface area contributed by atoms with Gasteiger partial charge in [-0.15, -0.1) is 0 Å². The summed E-state index contributed by atoms with van der Waals surface area (Å²) in [5.74, 6) is 0.147. The number of rotatable bonds is 3. The lowest BCUT2D eigenvalue weighted by molar-refractivity contribution is 0.0928. The number of nitrogens with one attached hydrogen (secondary N) is 1. The molecule has 1 saturated carbocycles. The van der Waals surface area contributed by atoms with Crippen LogP contribution in [0.3, 0.4) is 0 Å². The van der Waals surface area contributed by atoms with E-state index in [2.05, 4.69) is 11.6 Å². The van der Waals surface area contributed by atoms with Gasteiger partial charge in [0.2, 0.25) is 0 Å². The van der Waals surface area contributed by atoms with Crippen molar-refractivity contribution in [2.45, 2.75) is 37.0 Å². The topological polar surface area (TPSA) is 49.3 Å². The minimum atomic E-state index is -0.0400. The van der Waals surface area contributed by atoms with Crippen molar-refractivity contribution in [1.29, 1.82) is 0 Å². The highest BCUT2D eigenvalue weighted by Crippen LogP contribution is 2.27. The van der Waals surface area contributed by atoms with Crippen LogP contribution in [0.4, 0.5) is 0 Å². The quantitative estimate of drug-likeness (QED) is 0.883. The molecule has 1 aliphatic rings. The Labute approximate surface area is 112 Å². The summed E-state index contributed by atoms with van der Waals surface area (Å²) in [7, 11) is 0. The summed E-state index contributed by atoms with van der Waals surface area (Å²) in [6.45, 7) is 0. The molecular weight excluding hydrogens is 246 g/mol. The van der Waals surface area contributed by atoms with Crippen LogP contribution in [-0.4, -0.2) is 28.6 Å². The predicted octanol–water partition coefficient (Wildman–Crippen LogP) is 2.80. The van der Waals surface area contributed by atoms with Crippen molar-refractivity contribution in [2.24, 2.45) is 0 Å². The van der Waals surface area contributed by atoms with Gasteiger partial charge in [0.25, 0.3) is 5.91 Å². The van der Waals surface area contributed by atoms with Crippen molar-refractivity contribution in [3.05, 3.63) is 29.8 Å². The van der Waals surface area contributed by atoms with E-state index >= 15 is 0 Å². The van der Waals surface area contributed by atoms with E-state index < -0.39 is 0 Å². The normalized spacial score (nSPS) is 23.6. The lowest BCUT2D eigenvalue weighted by Gasteiger charge is -2.28. The number of thioether (sulfide) groups is 1. The molecule has 2 atom stereocenters. The molecule has 2 unspecified atom stereocenters. The lowest BCUT2D eigenvalue weighted by atomic mass is 9.94. The van der Waals surface area contributed by atoms with E-state index in [0.717, 1.165) is 12.8 Å². The first kappa shape index (κ1) is 13.3. The monoisotopic (exact) mass is 265 g/mol.